The van der Waals surface area contributed by atoms with Gasteiger partial charge in [-0.25, -0.2) is 0 Å². The molecule has 1 aliphatic rings. The summed E-state index contributed by atoms with van der Waals surface area (Å²) < 4.78 is 0. The number of aldehydes is 1. The van der Waals surface area contributed by atoms with Crippen LogP contribution in [-0.2, 0) is 4.79 Å². The van der Waals surface area contributed by atoms with E-state index in [1.54, 1.807) is 0 Å². The Morgan fingerprint density at radius 2 is 2.08 bits per heavy atom. The summed E-state index contributed by atoms with van der Waals surface area (Å²) in [6.45, 7) is 8.46. The molecule has 1 rings (SSSR count). The molecule has 1 heterocycles. The molecule has 0 radical (unpaired) electrons. The minimum absolute atomic E-state index is 0.575. The van der Waals surface area contributed by atoms with Crippen LogP contribution in [0, 0.1) is 11.8 Å². The fourth-order valence-electron chi connectivity index (χ4n) is 2.17. The molecule has 2 heteroatoms. The Hall–Kier alpha value is -0.370. The van der Waals surface area contributed by atoms with Crippen molar-refractivity contribution in [3.63, 3.8) is 0 Å². The van der Waals surface area contributed by atoms with E-state index in [2.05, 4.69) is 25.7 Å². The van der Waals surface area contributed by atoms with Crippen molar-refractivity contribution in [2.75, 3.05) is 13.1 Å². The minimum Gasteiger partial charge on any atom is -0.302 e. The highest BCUT2D eigenvalue weighted by molar-refractivity contribution is 5.52. The van der Waals surface area contributed by atoms with Gasteiger partial charge in [0.15, 0.2) is 0 Å². The van der Waals surface area contributed by atoms with Gasteiger partial charge in [-0.2, -0.15) is 0 Å². The predicted octanol–water partition coefficient (Wildman–Crippen LogP) is 1.55. The topological polar surface area (TPSA) is 20.3 Å². The number of likely N-dealkylation sites (tertiary alicyclic amines) is 1. The third kappa shape index (κ3) is 2.07. The largest absolute Gasteiger partial charge is 0.302 e. The average Bonchev–Trinajstić information content (AvgIpc) is 2.00. The molecular weight excluding hydrogens is 150 g/mol. The molecule has 1 fully saturated rings. The molecule has 0 amide bonds. The van der Waals surface area contributed by atoms with Gasteiger partial charge in [0.05, 0.1) is 6.54 Å². The molecular formula is C10H19NO. The van der Waals surface area contributed by atoms with Crippen LogP contribution in [0.25, 0.3) is 0 Å². The van der Waals surface area contributed by atoms with Crippen LogP contribution in [0.1, 0.15) is 27.2 Å². The highest BCUT2D eigenvalue weighted by Crippen LogP contribution is 2.25. The van der Waals surface area contributed by atoms with Gasteiger partial charge in [-0.1, -0.05) is 13.8 Å². The van der Waals surface area contributed by atoms with Crippen molar-refractivity contribution in [2.24, 2.45) is 11.8 Å². The Morgan fingerprint density at radius 1 is 1.42 bits per heavy atom. The summed E-state index contributed by atoms with van der Waals surface area (Å²) in [7, 11) is 0. The van der Waals surface area contributed by atoms with E-state index in [1.807, 2.05) is 0 Å². The van der Waals surface area contributed by atoms with E-state index in [0.717, 1.165) is 24.7 Å². The second-order valence-electron chi connectivity index (χ2n) is 4.18. The van der Waals surface area contributed by atoms with Crippen molar-refractivity contribution < 1.29 is 4.79 Å². The van der Waals surface area contributed by atoms with E-state index in [9.17, 15) is 4.79 Å². The zero-order valence-corrected chi connectivity index (χ0v) is 8.29. The molecule has 3 atom stereocenters. The number of nitrogens with zero attached hydrogens (tertiary/aromatic N) is 1. The fourth-order valence-corrected chi connectivity index (χ4v) is 2.17. The van der Waals surface area contributed by atoms with Crippen molar-refractivity contribution in [1.82, 2.24) is 4.90 Å². The van der Waals surface area contributed by atoms with Crippen molar-refractivity contribution in [1.29, 1.82) is 0 Å². The lowest BCUT2D eigenvalue weighted by Gasteiger charge is -2.40. The molecule has 2 nitrogen and oxygen atoms in total. The standard InChI is InChI=1S/C10H19NO/c1-8-6-9(2)10(3)11(7-8)4-5-12/h5,8-10H,4,6-7H2,1-3H3. The van der Waals surface area contributed by atoms with Crippen LogP contribution in [0.5, 0.6) is 0 Å². The van der Waals surface area contributed by atoms with Crippen LogP contribution in [-0.4, -0.2) is 30.3 Å². The first-order chi connectivity index (χ1) is 5.65. The predicted molar refractivity (Wildman–Crippen MR) is 50.0 cm³/mol. The van der Waals surface area contributed by atoms with E-state index in [1.165, 1.54) is 6.42 Å². The van der Waals surface area contributed by atoms with Crippen molar-refractivity contribution >= 4 is 6.29 Å². The van der Waals surface area contributed by atoms with Gasteiger partial charge < -0.3 is 4.79 Å². The lowest BCUT2D eigenvalue weighted by atomic mass is 9.86. The van der Waals surface area contributed by atoms with Crippen LogP contribution in [0.2, 0.25) is 0 Å². The summed E-state index contributed by atoms with van der Waals surface area (Å²) in [6, 6.07) is 0.575. The van der Waals surface area contributed by atoms with Crippen molar-refractivity contribution in [3.8, 4) is 0 Å². The summed E-state index contributed by atoms with van der Waals surface area (Å²) in [4.78, 5) is 12.7. The highest BCUT2D eigenvalue weighted by atomic mass is 16.1. The van der Waals surface area contributed by atoms with Gasteiger partial charge in [-0.3, -0.25) is 4.90 Å². The van der Waals surface area contributed by atoms with Crippen LogP contribution >= 0.6 is 0 Å². The van der Waals surface area contributed by atoms with Crippen LogP contribution in [0.3, 0.4) is 0 Å². The Kier molecular flexibility index (Phi) is 3.27. The van der Waals surface area contributed by atoms with Crippen LogP contribution in [0.15, 0.2) is 0 Å². The zero-order valence-electron chi connectivity index (χ0n) is 8.29. The summed E-state index contributed by atoms with van der Waals surface area (Å²) in [5.41, 5.74) is 0. The average molecular weight is 169 g/mol. The molecule has 0 bridgehead atoms. The maximum Gasteiger partial charge on any atom is 0.133 e. The number of rotatable bonds is 2. The molecule has 0 aromatic carbocycles. The van der Waals surface area contributed by atoms with E-state index in [-0.39, 0.29) is 0 Å². The van der Waals surface area contributed by atoms with Gasteiger partial charge >= 0.3 is 0 Å². The highest BCUT2D eigenvalue weighted by Gasteiger charge is 2.27. The fraction of sp³-hybridized carbons (Fsp3) is 0.900. The zero-order chi connectivity index (χ0) is 9.14. The van der Waals surface area contributed by atoms with Gasteiger partial charge in [0.2, 0.25) is 0 Å². The van der Waals surface area contributed by atoms with E-state index >= 15 is 0 Å². The molecule has 0 aromatic rings. The molecule has 1 aliphatic heterocycles. The number of carbonyl (C=O) groups is 1. The molecule has 0 N–H and O–H groups in total. The molecule has 1 saturated heterocycles. The van der Waals surface area contributed by atoms with Gasteiger partial charge in [0.25, 0.3) is 0 Å². The third-order valence-electron chi connectivity index (χ3n) is 3.03. The summed E-state index contributed by atoms with van der Waals surface area (Å²) in [5, 5.41) is 0. The Balaban J connectivity index is 2.53. The second kappa shape index (κ2) is 4.04. The smallest absolute Gasteiger partial charge is 0.133 e. The quantitative estimate of drug-likeness (QED) is 0.585. The van der Waals surface area contributed by atoms with Crippen LogP contribution < -0.4 is 0 Å². The van der Waals surface area contributed by atoms with E-state index in [0.29, 0.717) is 12.6 Å². The Labute approximate surface area is 74.9 Å². The van der Waals surface area contributed by atoms with Gasteiger partial charge in [0.1, 0.15) is 6.29 Å². The van der Waals surface area contributed by atoms with E-state index < -0.39 is 0 Å². The Bertz CT molecular complexity index is 158. The molecule has 3 unspecified atom stereocenters. The summed E-state index contributed by atoms with van der Waals surface area (Å²) in [5.74, 6) is 1.48. The van der Waals surface area contributed by atoms with Gasteiger partial charge in [-0.05, 0) is 25.2 Å². The van der Waals surface area contributed by atoms with Crippen molar-refractivity contribution in [3.05, 3.63) is 0 Å². The minimum atomic E-state index is 0.575. The molecule has 0 aromatic heterocycles. The number of piperidine rings is 1. The second-order valence-corrected chi connectivity index (χ2v) is 4.18. The molecule has 12 heavy (non-hydrogen) atoms. The summed E-state index contributed by atoms with van der Waals surface area (Å²) >= 11 is 0. The first kappa shape index (κ1) is 9.72. The van der Waals surface area contributed by atoms with Gasteiger partial charge in [0, 0.05) is 12.6 Å². The normalized spacial score (nSPS) is 38.1. The van der Waals surface area contributed by atoms with Crippen molar-refractivity contribution in [2.45, 2.75) is 33.2 Å². The van der Waals surface area contributed by atoms with Crippen LogP contribution in [0.4, 0.5) is 0 Å². The number of carbonyl (C=O) groups excluding carboxylic acids is 1. The lowest BCUT2D eigenvalue weighted by Crippen LogP contribution is -2.46. The number of hydrogen-bond acceptors (Lipinski definition) is 2. The first-order valence-corrected chi connectivity index (χ1v) is 4.82. The SMILES string of the molecule is CC1CC(C)C(C)N(CC=O)C1. The molecule has 70 valence electrons. The third-order valence-corrected chi connectivity index (χ3v) is 3.03. The monoisotopic (exact) mass is 169 g/mol. The van der Waals surface area contributed by atoms with Gasteiger partial charge in [-0.15, -0.1) is 0 Å². The molecule has 0 aliphatic carbocycles. The Morgan fingerprint density at radius 3 is 2.67 bits per heavy atom. The van der Waals surface area contributed by atoms with E-state index in [4.69, 9.17) is 0 Å². The molecule has 0 spiro atoms. The number of hydrogen-bond donors (Lipinski definition) is 0. The lowest BCUT2D eigenvalue weighted by molar-refractivity contribution is -0.110. The maximum atomic E-state index is 10.4. The maximum absolute atomic E-state index is 10.4. The summed E-state index contributed by atoms with van der Waals surface area (Å²) in [6.07, 6.45) is 2.32. The first-order valence-electron chi connectivity index (χ1n) is 4.82. The molecule has 0 saturated carbocycles.